The highest BCUT2D eigenvalue weighted by atomic mass is 32.2. The normalized spacial score (nSPS) is 12.8. The van der Waals surface area contributed by atoms with Gasteiger partial charge in [-0.1, -0.05) is 24.3 Å². The van der Waals surface area contributed by atoms with Crippen LogP contribution in [0.25, 0.3) is 16.9 Å². The van der Waals surface area contributed by atoms with E-state index in [0.29, 0.717) is 22.5 Å². The minimum absolute atomic E-state index is 0.0538. The molecule has 7 nitrogen and oxygen atoms in total. The Morgan fingerprint density at radius 2 is 2.06 bits per heavy atom. The van der Waals surface area contributed by atoms with E-state index in [0.717, 1.165) is 16.8 Å². The Balaban J connectivity index is 1.65. The predicted molar refractivity (Wildman–Crippen MR) is 122 cm³/mol. The molecule has 3 aromatic heterocycles. The first-order valence-electron chi connectivity index (χ1n) is 9.88. The van der Waals surface area contributed by atoms with Gasteiger partial charge in [0.25, 0.3) is 0 Å². The Morgan fingerprint density at radius 3 is 2.81 bits per heavy atom. The lowest BCUT2D eigenvalue weighted by Crippen LogP contribution is -2.35. The molecule has 0 radical (unpaired) electrons. The maximum absolute atomic E-state index is 12.8. The molecule has 9 heteroatoms. The second-order valence-electron chi connectivity index (χ2n) is 7.26. The molecule has 1 atom stereocenters. The highest BCUT2D eigenvalue weighted by Crippen LogP contribution is 2.24. The van der Waals surface area contributed by atoms with Crippen molar-refractivity contribution in [3.8, 4) is 11.3 Å². The van der Waals surface area contributed by atoms with Crippen molar-refractivity contribution >= 4 is 32.8 Å². The molecule has 0 bridgehead atoms. The largest absolute Gasteiger partial charge is 0.287 e. The van der Waals surface area contributed by atoms with E-state index >= 15 is 0 Å². The predicted octanol–water partition coefficient (Wildman–Crippen LogP) is 3.56. The van der Waals surface area contributed by atoms with Crippen molar-refractivity contribution in [2.24, 2.45) is 0 Å². The number of carbonyl (C=O) groups is 1. The van der Waals surface area contributed by atoms with Gasteiger partial charge in [0, 0.05) is 17.8 Å². The molecule has 4 rings (SSSR count). The van der Waals surface area contributed by atoms with Crippen LogP contribution in [0.1, 0.15) is 34.6 Å². The molecule has 0 aliphatic carbocycles. The number of fused-ring (bicyclic) bond motifs is 1. The molecule has 31 heavy (non-hydrogen) atoms. The molecule has 160 valence electrons. The van der Waals surface area contributed by atoms with Crippen LogP contribution in [0.15, 0.2) is 60.2 Å². The van der Waals surface area contributed by atoms with Crippen LogP contribution in [0.4, 0.5) is 0 Å². The van der Waals surface area contributed by atoms with Gasteiger partial charge in [-0.2, -0.15) is 5.10 Å². The van der Waals surface area contributed by atoms with E-state index in [1.165, 1.54) is 11.3 Å². The first-order valence-corrected chi connectivity index (χ1v) is 12.4. The molecule has 3 heterocycles. The van der Waals surface area contributed by atoms with Gasteiger partial charge < -0.3 is 0 Å². The molecular weight excluding hydrogens is 432 g/mol. The summed E-state index contributed by atoms with van der Waals surface area (Å²) in [5.74, 6) is -0.0430. The molecule has 0 aliphatic heterocycles. The number of sulfonamides is 1. The third-order valence-corrected chi connectivity index (χ3v) is 7.31. The molecule has 0 saturated heterocycles. The van der Waals surface area contributed by atoms with Gasteiger partial charge >= 0.3 is 0 Å². The molecule has 0 fully saturated rings. The highest BCUT2D eigenvalue weighted by Gasteiger charge is 2.19. The molecule has 0 aliphatic rings. The van der Waals surface area contributed by atoms with Crippen molar-refractivity contribution in [3.05, 3.63) is 76.2 Å². The van der Waals surface area contributed by atoms with Crippen molar-refractivity contribution in [1.82, 2.24) is 19.3 Å². The van der Waals surface area contributed by atoms with Crippen molar-refractivity contribution in [2.45, 2.75) is 26.3 Å². The van der Waals surface area contributed by atoms with Crippen LogP contribution in [0.5, 0.6) is 0 Å². The molecule has 1 aromatic carbocycles. The van der Waals surface area contributed by atoms with Crippen LogP contribution in [0, 0.1) is 0 Å². The van der Waals surface area contributed by atoms with E-state index in [1.807, 2.05) is 48.7 Å². The summed E-state index contributed by atoms with van der Waals surface area (Å²) in [6.07, 6.45) is 3.78. The van der Waals surface area contributed by atoms with Crippen LogP contribution in [-0.4, -0.2) is 40.6 Å². The number of hydrogen-bond acceptors (Lipinski definition) is 6. The lowest BCUT2D eigenvalue weighted by atomic mass is 10.0. The van der Waals surface area contributed by atoms with Gasteiger partial charge in [-0.05, 0) is 49.4 Å². The third kappa shape index (κ3) is 4.58. The smallest absolute Gasteiger partial charge is 0.211 e. The summed E-state index contributed by atoms with van der Waals surface area (Å²) in [5, 5.41) is 6.29. The van der Waals surface area contributed by atoms with Crippen molar-refractivity contribution in [1.29, 1.82) is 0 Å². The quantitative estimate of drug-likeness (QED) is 0.411. The number of thiophene rings is 1. The zero-order valence-electron chi connectivity index (χ0n) is 17.1. The Labute approximate surface area is 184 Å². The molecule has 4 aromatic rings. The maximum atomic E-state index is 12.8. The van der Waals surface area contributed by atoms with E-state index in [2.05, 4.69) is 14.8 Å². The number of benzene rings is 1. The molecule has 0 saturated carbocycles. The van der Waals surface area contributed by atoms with Crippen molar-refractivity contribution in [2.75, 3.05) is 5.75 Å². The highest BCUT2D eigenvalue weighted by molar-refractivity contribution is 7.89. The zero-order chi connectivity index (χ0) is 22.0. The number of aromatic nitrogens is 3. The van der Waals surface area contributed by atoms with Gasteiger partial charge in [-0.15, -0.1) is 11.3 Å². The molecule has 1 N–H and O–H groups in total. The first-order chi connectivity index (χ1) is 14.9. The molecule has 0 spiro atoms. The second kappa shape index (κ2) is 8.70. The average molecular weight is 455 g/mol. The van der Waals surface area contributed by atoms with Gasteiger partial charge in [0.05, 0.1) is 28.1 Å². The van der Waals surface area contributed by atoms with E-state index in [4.69, 9.17) is 0 Å². The van der Waals surface area contributed by atoms with E-state index < -0.39 is 10.0 Å². The van der Waals surface area contributed by atoms with Crippen LogP contribution < -0.4 is 4.72 Å². The van der Waals surface area contributed by atoms with Crippen LogP contribution in [0.2, 0.25) is 0 Å². The van der Waals surface area contributed by atoms with Gasteiger partial charge in [-0.25, -0.2) is 22.6 Å². The summed E-state index contributed by atoms with van der Waals surface area (Å²) in [6, 6.07) is 13.1. The summed E-state index contributed by atoms with van der Waals surface area (Å²) in [5.41, 5.74) is 3.68. The van der Waals surface area contributed by atoms with Crippen LogP contribution >= 0.6 is 11.3 Å². The zero-order valence-corrected chi connectivity index (χ0v) is 18.8. The number of carbonyl (C=O) groups excluding carboxylic acids is 1. The van der Waals surface area contributed by atoms with Crippen molar-refractivity contribution < 1.29 is 13.2 Å². The second-order valence-corrected chi connectivity index (χ2v) is 10.2. The summed E-state index contributed by atoms with van der Waals surface area (Å²) in [7, 11) is -3.26. The fourth-order valence-corrected chi connectivity index (χ4v) is 4.99. The fraction of sp³-hybridized carbons (Fsp3) is 0.227. The standard InChI is InChI=1S/C22H22N4O3S2/c1-3-31(28,29)25-15(2)12-16-6-4-7-17(13-16)19-9-10-23-22-18(14-24-26(19)22)21(27)20-8-5-11-30-20/h4-11,13-15,25H,3,12H2,1-2H3. The molecular formula is C22H22N4O3S2. The maximum Gasteiger partial charge on any atom is 0.211 e. The summed E-state index contributed by atoms with van der Waals surface area (Å²) in [6.45, 7) is 3.46. The summed E-state index contributed by atoms with van der Waals surface area (Å²) >= 11 is 1.39. The Bertz CT molecular complexity index is 1330. The van der Waals surface area contributed by atoms with Gasteiger partial charge in [0.2, 0.25) is 15.8 Å². The Hall–Kier alpha value is -2.88. The number of hydrogen-bond donors (Lipinski definition) is 1. The minimum Gasteiger partial charge on any atom is -0.287 e. The first kappa shape index (κ1) is 21.4. The SMILES string of the molecule is CCS(=O)(=O)NC(C)Cc1cccc(-c2ccnc3c(C(=O)c4cccs4)cnn23)c1. The number of rotatable bonds is 8. The van der Waals surface area contributed by atoms with E-state index in [9.17, 15) is 13.2 Å². The topological polar surface area (TPSA) is 93.4 Å². The lowest BCUT2D eigenvalue weighted by Gasteiger charge is -2.14. The summed E-state index contributed by atoms with van der Waals surface area (Å²) < 4.78 is 28.0. The Kier molecular flexibility index (Phi) is 5.99. The third-order valence-electron chi connectivity index (χ3n) is 4.92. The number of ketones is 1. The number of nitrogens with one attached hydrogen (secondary N) is 1. The van der Waals surface area contributed by atoms with Gasteiger partial charge in [0.1, 0.15) is 0 Å². The lowest BCUT2D eigenvalue weighted by molar-refractivity contribution is 0.104. The fourth-order valence-electron chi connectivity index (χ4n) is 3.45. The van der Waals surface area contributed by atoms with Crippen LogP contribution in [-0.2, 0) is 16.4 Å². The van der Waals surface area contributed by atoms with Crippen molar-refractivity contribution in [3.63, 3.8) is 0 Å². The monoisotopic (exact) mass is 454 g/mol. The van der Waals surface area contributed by atoms with Gasteiger partial charge in [-0.3, -0.25) is 4.79 Å². The number of nitrogens with zero attached hydrogens (tertiary/aromatic N) is 3. The Morgan fingerprint density at radius 1 is 1.23 bits per heavy atom. The van der Waals surface area contributed by atoms with Crippen LogP contribution in [0.3, 0.4) is 0 Å². The van der Waals surface area contributed by atoms with E-state index in [-0.39, 0.29) is 17.6 Å². The molecule has 0 amide bonds. The van der Waals surface area contributed by atoms with Gasteiger partial charge in [0.15, 0.2) is 5.65 Å². The minimum atomic E-state index is -3.26. The van der Waals surface area contributed by atoms with E-state index in [1.54, 1.807) is 29.9 Å². The summed E-state index contributed by atoms with van der Waals surface area (Å²) in [4.78, 5) is 17.8. The average Bonchev–Trinajstić information content (AvgIpc) is 3.43. The molecule has 1 unspecified atom stereocenters.